The van der Waals surface area contributed by atoms with Crippen LogP contribution < -0.4 is 4.74 Å². The number of allylic oxidation sites excluding steroid dienone is 4. The average Bonchev–Trinajstić information content (AvgIpc) is 3.36. The molecule has 0 radical (unpaired) electrons. The third-order valence-electron chi connectivity index (χ3n) is 14.1. The maximum atomic E-state index is 15.1. The van der Waals surface area contributed by atoms with Crippen molar-refractivity contribution in [3.8, 4) is 5.75 Å². The van der Waals surface area contributed by atoms with Crippen LogP contribution in [0.4, 0.5) is 17.6 Å². The molecule has 0 saturated heterocycles. The summed E-state index contributed by atoms with van der Waals surface area (Å²) in [6, 6.07) is 9.80. The molecule has 53 heavy (non-hydrogen) atoms. The van der Waals surface area contributed by atoms with Crippen molar-refractivity contribution < 1.29 is 47.5 Å². The van der Waals surface area contributed by atoms with Gasteiger partial charge >= 0.3 is 6.36 Å². The SMILES string of the molecule is CC12CCC(O)CC13C=CC1(C(C(=O)Cc4c(F)cccc4Cl)=C3)C2CCC2(C)C1CCC2(O)CN(Cc1ccc(OC(F)(F)F)cc1)CC(O)CO. The van der Waals surface area contributed by atoms with Crippen LogP contribution in [-0.4, -0.2) is 75.0 Å². The first kappa shape index (κ1) is 38.5. The van der Waals surface area contributed by atoms with E-state index in [-0.39, 0.29) is 65.4 Å². The third kappa shape index (κ3) is 6.27. The Morgan fingerprint density at radius 2 is 1.70 bits per heavy atom. The van der Waals surface area contributed by atoms with E-state index in [1.165, 1.54) is 36.4 Å². The first-order valence-corrected chi connectivity index (χ1v) is 18.9. The predicted molar refractivity (Wildman–Crippen MR) is 190 cm³/mol. The number of hydrogen-bond donors (Lipinski definition) is 4. The van der Waals surface area contributed by atoms with Gasteiger partial charge in [0.25, 0.3) is 0 Å². The minimum absolute atomic E-state index is 0.00395. The molecule has 0 aromatic heterocycles. The van der Waals surface area contributed by atoms with Crippen molar-refractivity contribution in [3.05, 3.63) is 88.2 Å². The maximum Gasteiger partial charge on any atom is 0.573 e. The number of carbonyl (C=O) groups excluding carboxylic acids is 1. The Morgan fingerprint density at radius 1 is 1.02 bits per heavy atom. The normalized spacial score (nSPS) is 36.5. The lowest BCUT2D eigenvalue weighted by molar-refractivity contribution is -0.274. The maximum absolute atomic E-state index is 15.1. The minimum Gasteiger partial charge on any atom is -0.406 e. The molecule has 2 aromatic rings. The molecule has 0 heterocycles. The zero-order valence-corrected chi connectivity index (χ0v) is 30.8. The second-order valence-electron chi connectivity index (χ2n) is 16.8. The molecule has 9 atom stereocenters. The van der Waals surface area contributed by atoms with Crippen LogP contribution in [0.2, 0.25) is 5.02 Å². The van der Waals surface area contributed by atoms with Crippen LogP contribution in [0.3, 0.4) is 0 Å². The Bertz CT molecular complexity index is 1780. The summed E-state index contributed by atoms with van der Waals surface area (Å²) < 4.78 is 57.5. The van der Waals surface area contributed by atoms with E-state index in [1.807, 2.05) is 4.90 Å². The minimum atomic E-state index is -4.83. The standard InChI is InChI=1S/C41H48ClF4NO6/c1-36-13-10-26(49)19-38(36)16-17-40(30(20-38)33(51)18-29-31(42)4-3-5-32(29)43)34(36)11-14-37(2)35(40)12-15-39(37,52)24-47(22-27(50)23-48)21-25-6-8-28(9-7-25)53-41(44,45)46/h3-9,16-17,20,26-27,34-35,48-50,52H,10-15,18-19,21-24H2,1-2H3. The number of rotatable bonds is 11. The molecule has 4 N–H and O–H groups in total. The fraction of sp³-hybridized carbons (Fsp3) is 0.585. The number of ketones is 1. The van der Waals surface area contributed by atoms with Crippen LogP contribution in [0.15, 0.2) is 66.3 Å². The van der Waals surface area contributed by atoms with E-state index in [2.05, 4.69) is 36.8 Å². The van der Waals surface area contributed by atoms with Gasteiger partial charge in [0.2, 0.25) is 0 Å². The van der Waals surface area contributed by atoms with Crippen molar-refractivity contribution in [1.29, 1.82) is 0 Å². The van der Waals surface area contributed by atoms with Crippen LogP contribution in [0, 0.1) is 39.3 Å². The third-order valence-corrected chi connectivity index (χ3v) is 14.5. The van der Waals surface area contributed by atoms with E-state index in [0.717, 1.165) is 6.42 Å². The molecule has 2 aromatic carbocycles. The molecule has 6 aliphatic rings. The Hall–Kier alpha value is -2.80. The lowest BCUT2D eigenvalue weighted by Gasteiger charge is -2.71. The van der Waals surface area contributed by atoms with E-state index < -0.39 is 52.8 Å². The van der Waals surface area contributed by atoms with Crippen molar-refractivity contribution in [3.63, 3.8) is 0 Å². The van der Waals surface area contributed by atoms with E-state index in [9.17, 15) is 38.4 Å². The summed E-state index contributed by atoms with van der Waals surface area (Å²) in [6.45, 7) is 4.13. The molecule has 3 fully saturated rings. The Labute approximate surface area is 312 Å². The summed E-state index contributed by atoms with van der Waals surface area (Å²) in [6.07, 6.45) is 4.00. The van der Waals surface area contributed by atoms with Crippen LogP contribution in [0.5, 0.6) is 5.75 Å². The van der Waals surface area contributed by atoms with Crippen molar-refractivity contribution in [2.24, 2.45) is 33.5 Å². The molecule has 0 aliphatic heterocycles. The van der Waals surface area contributed by atoms with Gasteiger partial charge in [0, 0.05) is 58.5 Å². The lowest BCUT2D eigenvalue weighted by atomic mass is 9.32. The fourth-order valence-electron chi connectivity index (χ4n) is 11.6. The molecule has 8 rings (SSSR count). The number of Topliss-reactive ketones (excluding diaryl/α,β-unsaturated/α-hetero) is 1. The highest BCUT2D eigenvalue weighted by molar-refractivity contribution is 6.31. The smallest absolute Gasteiger partial charge is 0.406 e. The quantitative estimate of drug-likeness (QED) is 0.145. The number of ether oxygens (including phenoxy) is 1. The van der Waals surface area contributed by atoms with Gasteiger partial charge < -0.3 is 25.2 Å². The van der Waals surface area contributed by atoms with Gasteiger partial charge in [0.15, 0.2) is 5.78 Å². The molecule has 288 valence electrons. The van der Waals surface area contributed by atoms with Crippen LogP contribution >= 0.6 is 11.6 Å². The topological polar surface area (TPSA) is 110 Å². The lowest BCUT2D eigenvalue weighted by Crippen LogP contribution is -2.67. The number of aliphatic hydroxyl groups is 4. The van der Waals surface area contributed by atoms with Gasteiger partial charge in [-0.25, -0.2) is 4.39 Å². The monoisotopic (exact) mass is 761 g/mol. The van der Waals surface area contributed by atoms with Crippen LogP contribution in [0.25, 0.3) is 0 Å². The molecule has 6 aliphatic carbocycles. The van der Waals surface area contributed by atoms with E-state index in [1.54, 1.807) is 6.07 Å². The summed E-state index contributed by atoms with van der Waals surface area (Å²) in [5.41, 5.74) is -2.25. The summed E-state index contributed by atoms with van der Waals surface area (Å²) in [7, 11) is 0. The number of fused-ring (bicyclic) bond motifs is 1. The summed E-state index contributed by atoms with van der Waals surface area (Å²) >= 11 is 6.43. The van der Waals surface area contributed by atoms with Crippen LogP contribution in [-0.2, 0) is 17.8 Å². The van der Waals surface area contributed by atoms with E-state index >= 15 is 4.39 Å². The molecule has 2 bridgehead atoms. The zero-order chi connectivity index (χ0) is 38.2. The van der Waals surface area contributed by atoms with Crippen molar-refractivity contribution in [2.45, 2.75) is 95.9 Å². The van der Waals surface area contributed by atoms with Gasteiger partial charge in [-0.05, 0) is 92.0 Å². The fourth-order valence-corrected chi connectivity index (χ4v) is 11.8. The van der Waals surface area contributed by atoms with Crippen molar-refractivity contribution >= 4 is 17.4 Å². The van der Waals surface area contributed by atoms with E-state index in [0.29, 0.717) is 49.7 Å². The highest BCUT2D eigenvalue weighted by atomic mass is 35.5. The Kier molecular flexibility index (Phi) is 9.76. The molecule has 2 spiro atoms. The highest BCUT2D eigenvalue weighted by Crippen LogP contribution is 2.78. The van der Waals surface area contributed by atoms with Gasteiger partial charge in [-0.3, -0.25) is 9.69 Å². The molecule has 12 heteroatoms. The van der Waals surface area contributed by atoms with Gasteiger partial charge in [-0.15, -0.1) is 13.2 Å². The Morgan fingerprint density at radius 3 is 2.38 bits per heavy atom. The molecule has 3 saturated carbocycles. The number of alkyl halides is 3. The molecule has 7 nitrogen and oxygen atoms in total. The first-order valence-electron chi connectivity index (χ1n) is 18.5. The largest absolute Gasteiger partial charge is 0.573 e. The summed E-state index contributed by atoms with van der Waals surface area (Å²) in [5, 5.41) is 44.3. The van der Waals surface area contributed by atoms with Gasteiger partial charge in [-0.1, -0.05) is 61.9 Å². The number of hydrogen-bond acceptors (Lipinski definition) is 7. The van der Waals surface area contributed by atoms with Crippen LogP contribution in [0.1, 0.15) is 69.9 Å². The van der Waals surface area contributed by atoms with Gasteiger partial charge in [0.05, 0.1) is 24.4 Å². The van der Waals surface area contributed by atoms with Gasteiger partial charge in [0.1, 0.15) is 11.6 Å². The summed E-state index contributed by atoms with van der Waals surface area (Å²) in [4.78, 5) is 16.5. The second kappa shape index (κ2) is 13.4. The number of benzene rings is 2. The number of halogens is 5. The van der Waals surface area contributed by atoms with Crippen molar-refractivity contribution in [2.75, 3.05) is 19.7 Å². The van der Waals surface area contributed by atoms with Gasteiger partial charge in [-0.2, -0.15) is 0 Å². The highest BCUT2D eigenvalue weighted by Gasteiger charge is 2.74. The first-order chi connectivity index (χ1) is 24.9. The molecule has 9 unspecified atom stereocenters. The Balaban J connectivity index is 1.24. The number of aliphatic hydroxyl groups excluding tert-OH is 3. The molecular weight excluding hydrogens is 714 g/mol. The average molecular weight is 762 g/mol. The predicted octanol–water partition coefficient (Wildman–Crippen LogP) is 6.94. The zero-order valence-electron chi connectivity index (χ0n) is 30.0. The number of carbonyl (C=O) groups is 1. The second-order valence-corrected chi connectivity index (χ2v) is 17.2. The number of nitrogens with zero attached hydrogens (tertiary/aromatic N) is 1. The van der Waals surface area contributed by atoms with E-state index in [4.69, 9.17) is 11.6 Å². The summed E-state index contributed by atoms with van der Waals surface area (Å²) in [5.74, 6) is -1.30. The molecule has 0 amide bonds. The molecular formula is C41H48ClF4NO6. The van der Waals surface area contributed by atoms with Crippen molar-refractivity contribution in [1.82, 2.24) is 4.90 Å².